The normalized spacial score (nSPS) is 12.5. The average Bonchev–Trinajstić information content (AvgIpc) is 2.64. The van der Waals surface area contributed by atoms with Crippen LogP contribution >= 0.6 is 0 Å². The van der Waals surface area contributed by atoms with Crippen molar-refractivity contribution in [1.82, 2.24) is 14.7 Å². The van der Waals surface area contributed by atoms with Gasteiger partial charge in [-0.15, -0.1) is 0 Å². The first-order chi connectivity index (χ1) is 8.02. The zero-order chi connectivity index (χ0) is 12.8. The van der Waals surface area contributed by atoms with Gasteiger partial charge in [-0.05, 0) is 6.42 Å². The Morgan fingerprint density at radius 3 is 2.88 bits per heavy atom. The summed E-state index contributed by atoms with van der Waals surface area (Å²) in [7, 11) is 3.66. The summed E-state index contributed by atoms with van der Waals surface area (Å²) in [5, 5.41) is 4.07. The molecule has 0 aliphatic heterocycles. The predicted molar refractivity (Wildman–Crippen MR) is 67.2 cm³/mol. The highest BCUT2D eigenvalue weighted by atomic mass is 16.2. The summed E-state index contributed by atoms with van der Waals surface area (Å²) in [5.74, 6) is 0.0924. The molecule has 1 atom stereocenters. The lowest BCUT2D eigenvalue weighted by Crippen LogP contribution is -2.32. The molecule has 17 heavy (non-hydrogen) atoms. The number of hydrogen-bond acceptors (Lipinski definition) is 3. The molecule has 1 unspecified atom stereocenters. The molecule has 1 aromatic heterocycles. The lowest BCUT2D eigenvalue weighted by Gasteiger charge is -2.18. The number of aryl methyl sites for hydroxylation is 1. The molecule has 0 saturated carbocycles. The first-order valence-corrected chi connectivity index (χ1v) is 6.00. The van der Waals surface area contributed by atoms with Gasteiger partial charge in [0, 0.05) is 44.9 Å². The van der Waals surface area contributed by atoms with Gasteiger partial charge in [0.15, 0.2) is 0 Å². The van der Waals surface area contributed by atoms with Gasteiger partial charge in [-0.3, -0.25) is 9.48 Å². The van der Waals surface area contributed by atoms with Crippen molar-refractivity contribution in [2.75, 3.05) is 7.05 Å². The molecule has 0 radical (unpaired) electrons. The van der Waals surface area contributed by atoms with E-state index in [-0.39, 0.29) is 11.9 Å². The topological polar surface area (TPSA) is 64.2 Å². The van der Waals surface area contributed by atoms with Crippen molar-refractivity contribution < 1.29 is 4.79 Å². The molecule has 0 fully saturated rings. The van der Waals surface area contributed by atoms with Gasteiger partial charge in [0.05, 0.1) is 6.20 Å². The summed E-state index contributed by atoms with van der Waals surface area (Å²) >= 11 is 0. The van der Waals surface area contributed by atoms with Crippen molar-refractivity contribution >= 4 is 5.91 Å². The lowest BCUT2D eigenvalue weighted by molar-refractivity contribution is -0.130. The minimum atomic E-state index is -0.0242. The van der Waals surface area contributed by atoms with E-state index in [2.05, 4.69) is 12.0 Å². The van der Waals surface area contributed by atoms with Gasteiger partial charge in [0.1, 0.15) is 0 Å². The molecule has 5 heteroatoms. The predicted octanol–water partition coefficient (Wildman–Crippen LogP) is 0.896. The standard InChI is InChI=1S/C12H22N4O/c1-4-5-11(13)6-12(17)15(2)8-10-7-14-16(3)9-10/h7,9,11H,4-6,8,13H2,1-3H3. The van der Waals surface area contributed by atoms with Crippen molar-refractivity contribution in [1.29, 1.82) is 0 Å². The number of nitrogens with zero attached hydrogens (tertiary/aromatic N) is 3. The molecule has 96 valence electrons. The largest absolute Gasteiger partial charge is 0.341 e. The second kappa shape index (κ2) is 6.39. The Hall–Kier alpha value is -1.36. The van der Waals surface area contributed by atoms with E-state index in [4.69, 9.17) is 5.73 Å². The van der Waals surface area contributed by atoms with Crippen LogP contribution in [0.3, 0.4) is 0 Å². The molecular formula is C12H22N4O. The lowest BCUT2D eigenvalue weighted by atomic mass is 10.1. The number of aromatic nitrogens is 2. The smallest absolute Gasteiger partial charge is 0.224 e. The molecule has 1 rings (SSSR count). The molecule has 1 heterocycles. The van der Waals surface area contributed by atoms with Crippen molar-refractivity contribution in [3.63, 3.8) is 0 Å². The van der Waals surface area contributed by atoms with Crippen LogP contribution in [0.25, 0.3) is 0 Å². The summed E-state index contributed by atoms with van der Waals surface area (Å²) < 4.78 is 1.73. The average molecular weight is 238 g/mol. The quantitative estimate of drug-likeness (QED) is 0.800. The number of amides is 1. The highest BCUT2D eigenvalue weighted by Crippen LogP contribution is 2.05. The maximum atomic E-state index is 11.9. The molecule has 0 spiro atoms. The van der Waals surface area contributed by atoms with Crippen LogP contribution in [-0.2, 0) is 18.4 Å². The van der Waals surface area contributed by atoms with E-state index in [1.807, 2.05) is 13.2 Å². The Labute approximate surface area is 103 Å². The fraction of sp³-hybridized carbons (Fsp3) is 0.667. The minimum Gasteiger partial charge on any atom is -0.341 e. The molecule has 0 aliphatic carbocycles. The molecule has 0 aliphatic rings. The van der Waals surface area contributed by atoms with E-state index < -0.39 is 0 Å². The SMILES string of the molecule is CCCC(N)CC(=O)N(C)Cc1cnn(C)c1. The van der Waals surface area contributed by atoms with Gasteiger partial charge < -0.3 is 10.6 Å². The fourth-order valence-corrected chi connectivity index (χ4v) is 1.77. The van der Waals surface area contributed by atoms with Crippen LogP contribution in [-0.4, -0.2) is 33.7 Å². The monoisotopic (exact) mass is 238 g/mol. The van der Waals surface area contributed by atoms with E-state index in [9.17, 15) is 4.79 Å². The highest BCUT2D eigenvalue weighted by molar-refractivity contribution is 5.76. The van der Waals surface area contributed by atoms with E-state index in [0.29, 0.717) is 13.0 Å². The van der Waals surface area contributed by atoms with E-state index >= 15 is 0 Å². The molecule has 1 aromatic rings. The maximum absolute atomic E-state index is 11.9. The highest BCUT2D eigenvalue weighted by Gasteiger charge is 2.13. The number of rotatable bonds is 6. The molecular weight excluding hydrogens is 216 g/mol. The van der Waals surface area contributed by atoms with Crippen LogP contribution in [0.2, 0.25) is 0 Å². The van der Waals surface area contributed by atoms with Crippen molar-refractivity contribution in [2.45, 2.75) is 38.8 Å². The molecule has 0 aromatic carbocycles. The molecule has 5 nitrogen and oxygen atoms in total. The third kappa shape index (κ3) is 4.56. The summed E-state index contributed by atoms with van der Waals surface area (Å²) in [6.45, 7) is 2.66. The Bertz CT molecular complexity index is 361. The van der Waals surface area contributed by atoms with Gasteiger partial charge >= 0.3 is 0 Å². The van der Waals surface area contributed by atoms with Crippen molar-refractivity contribution in [3.8, 4) is 0 Å². The van der Waals surface area contributed by atoms with E-state index in [1.54, 1.807) is 22.8 Å². The van der Waals surface area contributed by atoms with Crippen LogP contribution in [0, 0.1) is 0 Å². The Morgan fingerprint density at radius 2 is 2.35 bits per heavy atom. The van der Waals surface area contributed by atoms with Gasteiger partial charge in [-0.2, -0.15) is 5.10 Å². The zero-order valence-corrected chi connectivity index (χ0v) is 10.9. The molecule has 0 bridgehead atoms. The number of carbonyl (C=O) groups is 1. The summed E-state index contributed by atoms with van der Waals surface area (Å²) in [4.78, 5) is 13.6. The van der Waals surface area contributed by atoms with Gasteiger partial charge in [-0.1, -0.05) is 13.3 Å². The van der Waals surface area contributed by atoms with E-state index in [0.717, 1.165) is 18.4 Å². The third-order valence-corrected chi connectivity index (χ3v) is 2.70. The first kappa shape index (κ1) is 13.7. The first-order valence-electron chi connectivity index (χ1n) is 6.00. The molecule has 1 amide bonds. The van der Waals surface area contributed by atoms with E-state index in [1.165, 1.54) is 0 Å². The zero-order valence-electron chi connectivity index (χ0n) is 10.9. The summed E-state index contributed by atoms with van der Waals surface area (Å²) in [6, 6.07) is -0.0242. The van der Waals surface area contributed by atoms with Gasteiger partial charge in [0.2, 0.25) is 5.91 Å². The Kier molecular flexibility index (Phi) is 5.15. The fourth-order valence-electron chi connectivity index (χ4n) is 1.77. The number of nitrogens with two attached hydrogens (primary N) is 1. The van der Waals surface area contributed by atoms with Gasteiger partial charge in [0.25, 0.3) is 0 Å². The maximum Gasteiger partial charge on any atom is 0.224 e. The minimum absolute atomic E-state index is 0.0242. The van der Waals surface area contributed by atoms with Crippen LogP contribution in [0.4, 0.5) is 0 Å². The number of hydrogen-bond donors (Lipinski definition) is 1. The second-order valence-corrected chi connectivity index (χ2v) is 4.52. The third-order valence-electron chi connectivity index (χ3n) is 2.70. The second-order valence-electron chi connectivity index (χ2n) is 4.52. The van der Waals surface area contributed by atoms with Crippen molar-refractivity contribution in [2.24, 2.45) is 12.8 Å². The molecule has 2 N–H and O–H groups in total. The van der Waals surface area contributed by atoms with Crippen LogP contribution in [0.15, 0.2) is 12.4 Å². The van der Waals surface area contributed by atoms with Crippen LogP contribution in [0.1, 0.15) is 31.7 Å². The van der Waals surface area contributed by atoms with Crippen molar-refractivity contribution in [3.05, 3.63) is 18.0 Å². The summed E-state index contributed by atoms with van der Waals surface area (Å²) in [5.41, 5.74) is 6.89. The Balaban J connectivity index is 2.41. The Morgan fingerprint density at radius 1 is 1.65 bits per heavy atom. The molecule has 0 saturated heterocycles. The number of carbonyl (C=O) groups excluding carboxylic acids is 1. The van der Waals surface area contributed by atoms with Crippen LogP contribution in [0.5, 0.6) is 0 Å². The summed E-state index contributed by atoms with van der Waals surface area (Å²) in [6.07, 6.45) is 6.02. The van der Waals surface area contributed by atoms with Gasteiger partial charge in [-0.25, -0.2) is 0 Å². The van der Waals surface area contributed by atoms with Crippen LogP contribution < -0.4 is 5.73 Å².